The molecule has 0 unspecified atom stereocenters. The Balaban J connectivity index is 4.76. The maximum Gasteiger partial charge on any atom is 0.431 e. The van der Waals surface area contributed by atoms with Crippen LogP contribution in [0.3, 0.4) is 0 Å². The topological polar surface area (TPSA) is 26.3 Å². The minimum absolute atomic E-state index is 0.529. The molecule has 0 aromatic carbocycles. The first-order valence-corrected chi connectivity index (χ1v) is 4.07. The predicted molar refractivity (Wildman–Crippen MR) is 41.7 cm³/mol. The van der Waals surface area contributed by atoms with E-state index in [0.29, 0.717) is 6.08 Å². The fourth-order valence-electron chi connectivity index (χ4n) is 0.795. The highest BCUT2D eigenvalue weighted by Crippen LogP contribution is 2.48. The molecular weight excluding hydrogens is 261 g/mol. The summed E-state index contributed by atoms with van der Waals surface area (Å²) < 4.78 is 88.5. The number of hydrogen-bond donors (Lipinski definition) is 0. The Morgan fingerprint density at radius 3 is 1.76 bits per heavy atom. The summed E-state index contributed by atoms with van der Waals surface area (Å²) >= 11 is 0. The molecule has 0 saturated heterocycles. The van der Waals surface area contributed by atoms with Gasteiger partial charge < -0.3 is 4.74 Å². The molecule has 17 heavy (non-hydrogen) atoms. The largest absolute Gasteiger partial charge is 0.462 e. The van der Waals surface area contributed by atoms with Gasteiger partial charge in [0.2, 0.25) is 0 Å². The molecule has 0 aromatic heterocycles. The summed E-state index contributed by atoms with van der Waals surface area (Å²) in [6, 6.07) is 0. The lowest BCUT2D eigenvalue weighted by Crippen LogP contribution is -2.53. The molecule has 9 heteroatoms. The van der Waals surface area contributed by atoms with Gasteiger partial charge in [-0.15, -0.1) is 0 Å². The fraction of sp³-hybridized carbons (Fsp3) is 0.625. The Bertz CT molecular complexity index is 277. The van der Waals surface area contributed by atoms with Crippen molar-refractivity contribution in [1.29, 1.82) is 0 Å². The van der Waals surface area contributed by atoms with Crippen molar-refractivity contribution in [1.82, 2.24) is 0 Å². The predicted octanol–water partition coefficient (Wildman–Crippen LogP) is 2.94. The molecule has 0 heterocycles. The molecule has 100 valence electrons. The molecule has 0 bridgehead atoms. The Morgan fingerprint density at radius 1 is 1.06 bits per heavy atom. The van der Waals surface area contributed by atoms with Crippen LogP contribution in [0.15, 0.2) is 12.7 Å². The van der Waals surface area contributed by atoms with Crippen molar-refractivity contribution < 1.29 is 40.3 Å². The Hall–Kier alpha value is -1.28. The van der Waals surface area contributed by atoms with E-state index in [-0.39, 0.29) is 0 Å². The number of ether oxygens (including phenoxy) is 1. The van der Waals surface area contributed by atoms with Crippen LogP contribution in [0.5, 0.6) is 0 Å². The zero-order chi connectivity index (χ0) is 13.9. The lowest BCUT2D eigenvalue weighted by Gasteiger charge is -2.29. The van der Waals surface area contributed by atoms with Crippen LogP contribution in [0, 0.1) is 0 Å². The van der Waals surface area contributed by atoms with Gasteiger partial charge in [0.05, 0.1) is 6.61 Å². The number of carbonyl (C=O) groups excluding carboxylic acids is 1. The minimum atomic E-state index is -6.13. The van der Waals surface area contributed by atoms with E-state index in [0.717, 1.165) is 0 Å². The molecule has 0 fully saturated rings. The van der Waals surface area contributed by atoms with Crippen molar-refractivity contribution in [2.24, 2.45) is 0 Å². The van der Waals surface area contributed by atoms with E-state index in [2.05, 4.69) is 11.3 Å². The number of alkyl halides is 7. The molecule has 0 amide bonds. The molecule has 2 nitrogen and oxygen atoms in total. The maximum absolute atomic E-state index is 12.9. The smallest absolute Gasteiger partial charge is 0.431 e. The number of esters is 1. The first kappa shape index (κ1) is 15.7. The molecule has 0 N–H and O–H groups in total. The Labute approximate surface area is 91.0 Å². The van der Waals surface area contributed by atoms with Crippen molar-refractivity contribution in [2.45, 2.75) is 24.4 Å². The van der Waals surface area contributed by atoms with Crippen molar-refractivity contribution in [2.75, 3.05) is 6.61 Å². The molecule has 0 aliphatic heterocycles. The van der Waals surface area contributed by atoms with Crippen LogP contribution in [0.2, 0.25) is 0 Å². The molecule has 0 rings (SSSR count). The second-order valence-corrected chi connectivity index (χ2v) is 2.92. The van der Waals surface area contributed by atoms with Crippen LogP contribution in [0.1, 0.15) is 6.42 Å². The summed E-state index contributed by atoms with van der Waals surface area (Å²) in [6.45, 7) is 1.50. The van der Waals surface area contributed by atoms with Gasteiger partial charge in [0.1, 0.15) is 0 Å². The number of hydrogen-bond acceptors (Lipinski definition) is 2. The standard InChI is InChI=1S/C8H7F7O2/c1-2-5(16)17-4-3-6(9,7(10,11)12)8(13,14)15/h2H,1,3-4H2. The van der Waals surface area contributed by atoms with Gasteiger partial charge in [-0.25, -0.2) is 9.18 Å². The summed E-state index contributed by atoms with van der Waals surface area (Å²) in [5, 5.41) is 0. The van der Waals surface area contributed by atoms with Crippen molar-refractivity contribution >= 4 is 5.97 Å². The number of rotatable bonds is 4. The fourth-order valence-corrected chi connectivity index (χ4v) is 0.795. The van der Waals surface area contributed by atoms with Crippen LogP contribution >= 0.6 is 0 Å². The van der Waals surface area contributed by atoms with Crippen molar-refractivity contribution in [3.05, 3.63) is 12.7 Å². The molecule has 0 aliphatic rings. The van der Waals surface area contributed by atoms with Gasteiger partial charge in [0, 0.05) is 12.5 Å². The van der Waals surface area contributed by atoms with Gasteiger partial charge in [-0.2, -0.15) is 26.3 Å². The quantitative estimate of drug-likeness (QED) is 0.445. The highest BCUT2D eigenvalue weighted by molar-refractivity contribution is 5.81. The van der Waals surface area contributed by atoms with Gasteiger partial charge in [-0.05, 0) is 0 Å². The molecule has 0 spiro atoms. The second-order valence-electron chi connectivity index (χ2n) is 2.92. The minimum Gasteiger partial charge on any atom is -0.462 e. The zero-order valence-electron chi connectivity index (χ0n) is 8.16. The third kappa shape index (κ3) is 3.60. The van der Waals surface area contributed by atoms with Crippen molar-refractivity contribution in [3.8, 4) is 0 Å². The summed E-state index contributed by atoms with van der Waals surface area (Å²) in [7, 11) is 0. The highest BCUT2D eigenvalue weighted by Gasteiger charge is 2.72. The Kier molecular flexibility index (Phi) is 4.55. The summed E-state index contributed by atoms with van der Waals surface area (Å²) in [5.74, 6) is -1.24. The second kappa shape index (κ2) is 4.92. The first-order valence-electron chi connectivity index (χ1n) is 4.07. The van der Waals surface area contributed by atoms with Crippen LogP contribution in [-0.4, -0.2) is 30.6 Å². The van der Waals surface area contributed by atoms with Crippen molar-refractivity contribution in [3.63, 3.8) is 0 Å². The van der Waals surface area contributed by atoms with Gasteiger partial charge in [0.15, 0.2) is 0 Å². The summed E-state index contributed by atoms with van der Waals surface area (Å²) in [5.41, 5.74) is -5.40. The van der Waals surface area contributed by atoms with Crippen LogP contribution < -0.4 is 0 Å². The summed E-state index contributed by atoms with van der Waals surface area (Å²) in [4.78, 5) is 10.4. The molecule has 0 aromatic rings. The van der Waals surface area contributed by atoms with E-state index in [9.17, 15) is 35.5 Å². The highest BCUT2D eigenvalue weighted by atomic mass is 19.4. The molecule has 0 atom stereocenters. The maximum atomic E-state index is 12.9. The lowest BCUT2D eigenvalue weighted by molar-refractivity contribution is -0.344. The third-order valence-electron chi connectivity index (χ3n) is 1.76. The van der Waals surface area contributed by atoms with Crippen LogP contribution in [0.4, 0.5) is 30.7 Å². The van der Waals surface area contributed by atoms with Crippen LogP contribution in [-0.2, 0) is 9.53 Å². The number of halogens is 7. The summed E-state index contributed by atoms with van der Waals surface area (Å²) in [6.07, 6.45) is -13.8. The normalized spacial score (nSPS) is 13.4. The van der Waals surface area contributed by atoms with E-state index >= 15 is 0 Å². The molecule has 0 aliphatic carbocycles. The van der Waals surface area contributed by atoms with E-state index < -0.39 is 37.0 Å². The van der Waals surface area contributed by atoms with E-state index in [4.69, 9.17) is 0 Å². The van der Waals surface area contributed by atoms with Crippen LogP contribution in [0.25, 0.3) is 0 Å². The van der Waals surface area contributed by atoms with E-state index in [1.54, 1.807) is 0 Å². The average molecular weight is 268 g/mol. The monoisotopic (exact) mass is 268 g/mol. The van der Waals surface area contributed by atoms with Gasteiger partial charge in [0.25, 0.3) is 0 Å². The Morgan fingerprint density at radius 2 is 1.47 bits per heavy atom. The SMILES string of the molecule is C=CC(=O)OCCC(F)(C(F)(F)F)C(F)(F)F. The molecule has 0 saturated carbocycles. The molecular formula is C8H7F7O2. The third-order valence-corrected chi connectivity index (χ3v) is 1.76. The number of carbonyl (C=O) groups is 1. The van der Waals surface area contributed by atoms with Gasteiger partial charge in [-0.3, -0.25) is 0 Å². The average Bonchev–Trinajstić information content (AvgIpc) is 2.13. The van der Waals surface area contributed by atoms with E-state index in [1.807, 2.05) is 0 Å². The van der Waals surface area contributed by atoms with E-state index in [1.165, 1.54) is 0 Å². The first-order chi connectivity index (χ1) is 7.45. The van der Waals surface area contributed by atoms with Gasteiger partial charge >= 0.3 is 24.0 Å². The lowest BCUT2D eigenvalue weighted by atomic mass is 10.0. The van der Waals surface area contributed by atoms with Gasteiger partial charge in [-0.1, -0.05) is 6.58 Å². The zero-order valence-corrected chi connectivity index (χ0v) is 8.16. The molecule has 0 radical (unpaired) electrons.